The van der Waals surface area contributed by atoms with Crippen LogP contribution in [0, 0.1) is 0 Å². The Morgan fingerprint density at radius 2 is 2.07 bits per heavy atom. The lowest BCUT2D eigenvalue weighted by molar-refractivity contribution is 0.0695. The monoisotopic (exact) mass is 212 g/mol. The number of thiol groups is 1. The van der Waals surface area contributed by atoms with E-state index in [1.165, 1.54) is 12.1 Å². The third-order valence-corrected chi connectivity index (χ3v) is 2.20. The van der Waals surface area contributed by atoms with E-state index in [0.29, 0.717) is 29.6 Å². The molecule has 0 aliphatic carbocycles. The summed E-state index contributed by atoms with van der Waals surface area (Å²) in [5, 5.41) is 8.78. The van der Waals surface area contributed by atoms with E-state index in [4.69, 9.17) is 14.6 Å². The lowest BCUT2D eigenvalue weighted by Crippen LogP contribution is -2.16. The lowest BCUT2D eigenvalue weighted by atomic mass is 10.2. The molecule has 0 fully saturated rings. The van der Waals surface area contributed by atoms with E-state index >= 15 is 0 Å². The predicted octanol–water partition coefficient (Wildman–Crippen LogP) is 1.44. The Hall–Kier alpha value is -1.36. The lowest BCUT2D eigenvalue weighted by Gasteiger charge is -2.19. The van der Waals surface area contributed by atoms with Crippen LogP contribution in [-0.4, -0.2) is 24.3 Å². The highest BCUT2D eigenvalue weighted by atomic mass is 32.1. The summed E-state index contributed by atoms with van der Waals surface area (Å²) in [4.78, 5) is 11.2. The maximum absolute atomic E-state index is 10.7. The van der Waals surface area contributed by atoms with Gasteiger partial charge in [0, 0.05) is 0 Å². The second-order valence-corrected chi connectivity index (χ2v) is 3.31. The van der Waals surface area contributed by atoms with E-state index in [1.807, 2.05) is 0 Å². The van der Waals surface area contributed by atoms with Gasteiger partial charge < -0.3 is 14.6 Å². The number of aromatic carboxylic acids is 1. The van der Waals surface area contributed by atoms with Crippen molar-refractivity contribution >= 4 is 18.6 Å². The first kappa shape index (κ1) is 9.21. The standard InChI is InChI=1S/C9H8O4S/c10-9(11)5-3-6-8(7(14)4-5)13-2-1-12-6/h3-4,14H,1-2H2,(H,10,11). The van der Waals surface area contributed by atoms with E-state index in [1.54, 1.807) is 0 Å². The first-order chi connectivity index (χ1) is 6.68. The van der Waals surface area contributed by atoms with Gasteiger partial charge in [-0.25, -0.2) is 4.79 Å². The van der Waals surface area contributed by atoms with Gasteiger partial charge in [0.15, 0.2) is 11.5 Å². The molecule has 1 aromatic rings. The average Bonchev–Trinajstić information content (AvgIpc) is 2.17. The molecule has 1 aliphatic heterocycles. The number of hydrogen-bond acceptors (Lipinski definition) is 4. The van der Waals surface area contributed by atoms with Crippen molar-refractivity contribution in [3.8, 4) is 11.5 Å². The summed E-state index contributed by atoms with van der Waals surface area (Å²) in [6, 6.07) is 2.88. The van der Waals surface area contributed by atoms with Crippen LogP contribution in [-0.2, 0) is 0 Å². The van der Waals surface area contributed by atoms with Crippen molar-refractivity contribution in [1.82, 2.24) is 0 Å². The summed E-state index contributed by atoms with van der Waals surface area (Å²) < 4.78 is 10.6. The molecule has 0 aromatic heterocycles. The van der Waals surface area contributed by atoms with E-state index in [9.17, 15) is 4.79 Å². The first-order valence-electron chi connectivity index (χ1n) is 4.04. The molecule has 0 saturated carbocycles. The fraction of sp³-hybridized carbons (Fsp3) is 0.222. The fourth-order valence-electron chi connectivity index (χ4n) is 1.26. The molecule has 1 aromatic carbocycles. The Morgan fingerprint density at radius 3 is 2.79 bits per heavy atom. The van der Waals surface area contributed by atoms with Gasteiger partial charge in [0.2, 0.25) is 0 Å². The maximum atomic E-state index is 10.7. The summed E-state index contributed by atoms with van der Waals surface area (Å²) in [5.41, 5.74) is 0.152. The number of rotatable bonds is 1. The fourth-order valence-corrected chi connectivity index (χ4v) is 1.57. The Kier molecular flexibility index (Phi) is 2.25. The molecular formula is C9H8O4S. The Bertz CT molecular complexity index is 389. The van der Waals surface area contributed by atoms with Crippen LogP contribution < -0.4 is 9.47 Å². The number of ether oxygens (including phenoxy) is 2. The van der Waals surface area contributed by atoms with Gasteiger partial charge in [-0.15, -0.1) is 12.6 Å². The molecule has 1 heterocycles. The van der Waals surface area contributed by atoms with Crippen LogP contribution in [0.4, 0.5) is 0 Å². The molecule has 0 spiro atoms. The quantitative estimate of drug-likeness (QED) is 0.692. The molecular weight excluding hydrogens is 204 g/mol. The summed E-state index contributed by atoms with van der Waals surface area (Å²) in [5.74, 6) is -0.0389. The second-order valence-electron chi connectivity index (χ2n) is 2.82. The van der Waals surface area contributed by atoms with Crippen LogP contribution in [0.25, 0.3) is 0 Å². The van der Waals surface area contributed by atoms with Gasteiger partial charge >= 0.3 is 5.97 Å². The topological polar surface area (TPSA) is 55.8 Å². The van der Waals surface area contributed by atoms with Gasteiger partial charge in [-0.1, -0.05) is 0 Å². The third-order valence-electron chi connectivity index (χ3n) is 1.87. The minimum atomic E-state index is -1.00. The molecule has 1 aliphatic rings. The van der Waals surface area contributed by atoms with Crippen molar-refractivity contribution in [2.24, 2.45) is 0 Å². The van der Waals surface area contributed by atoms with Gasteiger partial charge in [-0.3, -0.25) is 0 Å². The predicted molar refractivity (Wildman–Crippen MR) is 51.6 cm³/mol. The Balaban J connectivity index is 2.51. The van der Waals surface area contributed by atoms with E-state index in [0.717, 1.165) is 0 Å². The Morgan fingerprint density at radius 1 is 1.36 bits per heavy atom. The molecule has 74 valence electrons. The van der Waals surface area contributed by atoms with Crippen molar-refractivity contribution in [3.05, 3.63) is 17.7 Å². The van der Waals surface area contributed by atoms with Crippen molar-refractivity contribution in [1.29, 1.82) is 0 Å². The van der Waals surface area contributed by atoms with E-state index in [-0.39, 0.29) is 5.56 Å². The highest BCUT2D eigenvalue weighted by molar-refractivity contribution is 7.80. The molecule has 4 nitrogen and oxygen atoms in total. The zero-order valence-electron chi connectivity index (χ0n) is 7.19. The number of benzene rings is 1. The zero-order chi connectivity index (χ0) is 10.1. The molecule has 0 amide bonds. The molecule has 1 N–H and O–H groups in total. The number of fused-ring (bicyclic) bond motifs is 1. The van der Waals surface area contributed by atoms with Crippen LogP contribution in [0.5, 0.6) is 11.5 Å². The number of carboxylic acids is 1. The van der Waals surface area contributed by atoms with Gasteiger partial charge in [0.05, 0.1) is 10.5 Å². The normalized spacial score (nSPS) is 13.8. The summed E-state index contributed by atoms with van der Waals surface area (Å²) in [7, 11) is 0. The van der Waals surface area contributed by atoms with Gasteiger partial charge in [-0.05, 0) is 12.1 Å². The summed E-state index contributed by atoms with van der Waals surface area (Å²) in [6.45, 7) is 0.899. The van der Waals surface area contributed by atoms with Gasteiger partial charge in [-0.2, -0.15) is 0 Å². The van der Waals surface area contributed by atoms with Crippen LogP contribution in [0.1, 0.15) is 10.4 Å². The first-order valence-corrected chi connectivity index (χ1v) is 4.49. The highest BCUT2D eigenvalue weighted by Crippen LogP contribution is 2.37. The smallest absolute Gasteiger partial charge is 0.335 e. The maximum Gasteiger partial charge on any atom is 0.335 e. The van der Waals surface area contributed by atoms with E-state index < -0.39 is 5.97 Å². The Labute approximate surface area is 85.9 Å². The molecule has 14 heavy (non-hydrogen) atoms. The highest BCUT2D eigenvalue weighted by Gasteiger charge is 2.17. The average molecular weight is 212 g/mol. The van der Waals surface area contributed by atoms with Crippen LogP contribution in [0.3, 0.4) is 0 Å². The molecule has 0 unspecified atom stereocenters. The van der Waals surface area contributed by atoms with Crippen molar-refractivity contribution in [2.45, 2.75) is 4.90 Å². The molecule has 0 atom stereocenters. The molecule has 0 bridgehead atoms. The largest absolute Gasteiger partial charge is 0.486 e. The number of carbonyl (C=O) groups is 1. The van der Waals surface area contributed by atoms with E-state index in [2.05, 4.69) is 12.6 Å². The van der Waals surface area contributed by atoms with Crippen molar-refractivity contribution in [2.75, 3.05) is 13.2 Å². The third kappa shape index (κ3) is 1.50. The summed E-state index contributed by atoms with van der Waals surface area (Å²) >= 11 is 4.13. The van der Waals surface area contributed by atoms with Crippen LogP contribution >= 0.6 is 12.6 Å². The van der Waals surface area contributed by atoms with Crippen molar-refractivity contribution in [3.63, 3.8) is 0 Å². The SMILES string of the molecule is O=C(O)c1cc(S)c2c(c1)OCCO2. The summed E-state index contributed by atoms with van der Waals surface area (Å²) in [6.07, 6.45) is 0. The van der Waals surface area contributed by atoms with Crippen molar-refractivity contribution < 1.29 is 19.4 Å². The number of hydrogen-bond donors (Lipinski definition) is 2. The minimum absolute atomic E-state index is 0.152. The van der Waals surface area contributed by atoms with Gasteiger partial charge in [0.25, 0.3) is 0 Å². The number of carboxylic acid groups (broad SMARTS) is 1. The molecule has 2 rings (SSSR count). The molecule has 0 saturated heterocycles. The van der Waals surface area contributed by atoms with Crippen LogP contribution in [0.2, 0.25) is 0 Å². The zero-order valence-corrected chi connectivity index (χ0v) is 8.08. The minimum Gasteiger partial charge on any atom is -0.486 e. The molecule has 0 radical (unpaired) electrons. The van der Waals surface area contributed by atoms with Gasteiger partial charge in [0.1, 0.15) is 13.2 Å². The van der Waals surface area contributed by atoms with Crippen LogP contribution in [0.15, 0.2) is 17.0 Å². The molecule has 5 heteroatoms. The second kappa shape index (κ2) is 3.42.